The molecule has 32 heavy (non-hydrogen) atoms. The predicted molar refractivity (Wildman–Crippen MR) is 125 cm³/mol. The number of hydrogen-bond donors (Lipinski definition) is 1. The molecule has 0 spiro atoms. The largest absolute Gasteiger partial charge is 0.489 e. The first-order valence-electron chi connectivity index (χ1n) is 10.8. The number of amides is 1. The molecular formula is C24H26ClN3O4. The lowest BCUT2D eigenvalue weighted by Gasteiger charge is -2.16. The molecule has 3 aromatic rings. The second-order valence-corrected chi connectivity index (χ2v) is 8.75. The number of halogens is 1. The lowest BCUT2D eigenvalue weighted by atomic mass is 10.1. The number of ether oxygens (including phenoxy) is 2. The van der Waals surface area contributed by atoms with E-state index in [-0.39, 0.29) is 23.3 Å². The number of carbonyl (C=O) groups excluding carboxylic acids is 1. The minimum Gasteiger partial charge on any atom is -0.489 e. The fraction of sp³-hybridized carbons (Fsp3) is 0.375. The number of nitrogens with one attached hydrogen (secondary N) is 1. The van der Waals surface area contributed by atoms with E-state index >= 15 is 0 Å². The number of nitrogens with zero attached hydrogens (tertiary/aromatic N) is 2. The number of hydrogen-bond acceptors (Lipinski definition) is 5. The van der Waals surface area contributed by atoms with E-state index < -0.39 is 5.91 Å². The molecule has 0 bridgehead atoms. The number of fused-ring (bicyclic) bond motifs is 1. The van der Waals surface area contributed by atoms with Gasteiger partial charge in [-0.05, 0) is 43.0 Å². The van der Waals surface area contributed by atoms with Crippen molar-refractivity contribution in [2.45, 2.75) is 39.3 Å². The Morgan fingerprint density at radius 1 is 1.28 bits per heavy atom. The van der Waals surface area contributed by atoms with Crippen LogP contribution in [0.4, 0.5) is 5.69 Å². The van der Waals surface area contributed by atoms with Gasteiger partial charge in [0.25, 0.3) is 11.5 Å². The standard InChI is InChI=1S/C24H26ClN3O4/c1-15(2)13-28-24(30)19-8-4-3-7-18(19)22(27-28)23(29)26-20-12-16(25)9-10-21(20)32-14-17-6-5-11-31-17/h3-4,7-10,12,15,17H,5-6,11,13-14H2,1-2H3,(H,26,29). The highest BCUT2D eigenvalue weighted by molar-refractivity contribution is 6.31. The summed E-state index contributed by atoms with van der Waals surface area (Å²) in [5, 5.41) is 8.68. The first kappa shape index (κ1) is 22.3. The van der Waals surface area contributed by atoms with Gasteiger partial charge in [0.05, 0.1) is 17.2 Å². The number of benzene rings is 2. The zero-order chi connectivity index (χ0) is 22.7. The van der Waals surface area contributed by atoms with Crippen LogP contribution in [0, 0.1) is 5.92 Å². The molecule has 1 aliphatic rings. The first-order valence-corrected chi connectivity index (χ1v) is 11.2. The van der Waals surface area contributed by atoms with Gasteiger partial charge in [0.2, 0.25) is 0 Å². The van der Waals surface area contributed by atoms with E-state index in [1.165, 1.54) is 4.68 Å². The van der Waals surface area contributed by atoms with Crippen molar-refractivity contribution in [3.8, 4) is 5.75 Å². The molecule has 0 saturated carbocycles. The molecule has 1 amide bonds. The molecule has 7 nitrogen and oxygen atoms in total. The normalized spacial score (nSPS) is 15.9. The van der Waals surface area contributed by atoms with Crippen molar-refractivity contribution >= 4 is 34.0 Å². The molecule has 4 rings (SSSR count). The molecule has 1 atom stereocenters. The monoisotopic (exact) mass is 455 g/mol. The maximum Gasteiger partial charge on any atom is 0.276 e. The summed E-state index contributed by atoms with van der Waals surface area (Å²) in [6, 6.07) is 12.1. The Hall–Kier alpha value is -2.90. The Bertz CT molecular complexity index is 1190. The van der Waals surface area contributed by atoms with E-state index in [1.54, 1.807) is 42.5 Å². The smallest absolute Gasteiger partial charge is 0.276 e. The molecule has 1 saturated heterocycles. The molecule has 1 fully saturated rings. The predicted octanol–water partition coefficient (Wildman–Crippen LogP) is 4.52. The maximum absolute atomic E-state index is 13.3. The Balaban J connectivity index is 1.66. The van der Waals surface area contributed by atoms with Crippen molar-refractivity contribution in [1.29, 1.82) is 0 Å². The molecule has 2 heterocycles. The van der Waals surface area contributed by atoms with Gasteiger partial charge < -0.3 is 14.8 Å². The Morgan fingerprint density at radius 2 is 2.06 bits per heavy atom. The van der Waals surface area contributed by atoms with Gasteiger partial charge in [-0.15, -0.1) is 0 Å². The zero-order valence-electron chi connectivity index (χ0n) is 18.1. The van der Waals surface area contributed by atoms with Crippen LogP contribution in [0.3, 0.4) is 0 Å². The summed E-state index contributed by atoms with van der Waals surface area (Å²) in [5.74, 6) is 0.254. The van der Waals surface area contributed by atoms with Crippen LogP contribution in [0.25, 0.3) is 10.8 Å². The average molecular weight is 456 g/mol. The lowest BCUT2D eigenvalue weighted by Crippen LogP contribution is -2.29. The quantitative estimate of drug-likeness (QED) is 0.566. The number of rotatable bonds is 7. The summed E-state index contributed by atoms with van der Waals surface area (Å²) in [5.41, 5.74) is 0.396. The summed E-state index contributed by atoms with van der Waals surface area (Å²) < 4.78 is 12.9. The van der Waals surface area contributed by atoms with Crippen molar-refractivity contribution < 1.29 is 14.3 Å². The van der Waals surface area contributed by atoms with E-state index in [9.17, 15) is 9.59 Å². The van der Waals surface area contributed by atoms with Crippen LogP contribution in [0.2, 0.25) is 5.02 Å². The third kappa shape index (κ3) is 4.95. The maximum atomic E-state index is 13.3. The van der Waals surface area contributed by atoms with E-state index in [0.29, 0.717) is 40.4 Å². The highest BCUT2D eigenvalue weighted by atomic mass is 35.5. The molecule has 168 valence electrons. The van der Waals surface area contributed by atoms with Crippen LogP contribution in [0.5, 0.6) is 5.75 Å². The van der Waals surface area contributed by atoms with Gasteiger partial charge >= 0.3 is 0 Å². The fourth-order valence-corrected chi connectivity index (χ4v) is 3.91. The van der Waals surface area contributed by atoms with Crippen LogP contribution in [-0.2, 0) is 11.3 Å². The van der Waals surface area contributed by atoms with E-state index in [4.69, 9.17) is 21.1 Å². The van der Waals surface area contributed by atoms with Gasteiger partial charge in [0.1, 0.15) is 12.4 Å². The summed E-state index contributed by atoms with van der Waals surface area (Å²) in [6.07, 6.45) is 2.01. The van der Waals surface area contributed by atoms with Gasteiger partial charge in [0, 0.05) is 23.6 Å². The number of carbonyl (C=O) groups is 1. The van der Waals surface area contributed by atoms with Gasteiger partial charge in [-0.2, -0.15) is 5.10 Å². The molecule has 1 aromatic heterocycles. The van der Waals surface area contributed by atoms with E-state index in [2.05, 4.69) is 10.4 Å². The molecule has 0 aliphatic carbocycles. The van der Waals surface area contributed by atoms with E-state index in [0.717, 1.165) is 19.4 Å². The summed E-state index contributed by atoms with van der Waals surface area (Å²) in [6.45, 7) is 5.53. The minimum atomic E-state index is -0.442. The zero-order valence-corrected chi connectivity index (χ0v) is 18.9. The van der Waals surface area contributed by atoms with Crippen LogP contribution < -0.4 is 15.6 Å². The van der Waals surface area contributed by atoms with Crippen molar-refractivity contribution in [3.05, 3.63) is 63.5 Å². The minimum absolute atomic E-state index is 0.0411. The molecule has 1 unspecified atom stereocenters. The summed E-state index contributed by atoms with van der Waals surface area (Å²) in [4.78, 5) is 26.1. The Morgan fingerprint density at radius 3 is 2.78 bits per heavy atom. The highest BCUT2D eigenvalue weighted by Crippen LogP contribution is 2.29. The molecule has 1 N–H and O–H groups in total. The first-order chi connectivity index (χ1) is 15.4. The SMILES string of the molecule is CC(C)Cn1nc(C(=O)Nc2cc(Cl)ccc2OCC2CCCO2)c2ccccc2c1=O. The Kier molecular flexibility index (Phi) is 6.77. The molecule has 1 aliphatic heterocycles. The highest BCUT2D eigenvalue weighted by Gasteiger charge is 2.20. The lowest BCUT2D eigenvalue weighted by molar-refractivity contribution is 0.0682. The van der Waals surface area contributed by atoms with Crippen molar-refractivity contribution in [3.63, 3.8) is 0 Å². The summed E-state index contributed by atoms with van der Waals surface area (Å²) >= 11 is 6.18. The van der Waals surface area contributed by atoms with Gasteiger partial charge in [-0.3, -0.25) is 9.59 Å². The molecule has 2 aromatic carbocycles. The average Bonchev–Trinajstić information content (AvgIpc) is 3.28. The number of anilines is 1. The second kappa shape index (κ2) is 9.71. The molecule has 0 radical (unpaired) electrons. The van der Waals surface area contributed by atoms with Gasteiger partial charge in [-0.1, -0.05) is 43.6 Å². The third-order valence-corrected chi connectivity index (χ3v) is 5.49. The van der Waals surface area contributed by atoms with Crippen molar-refractivity contribution in [1.82, 2.24) is 9.78 Å². The van der Waals surface area contributed by atoms with Crippen molar-refractivity contribution in [2.24, 2.45) is 5.92 Å². The number of aromatic nitrogens is 2. The summed E-state index contributed by atoms with van der Waals surface area (Å²) in [7, 11) is 0. The van der Waals surface area contributed by atoms with Crippen LogP contribution >= 0.6 is 11.6 Å². The van der Waals surface area contributed by atoms with Crippen LogP contribution in [-0.4, -0.2) is 35.0 Å². The molecule has 8 heteroatoms. The third-order valence-electron chi connectivity index (χ3n) is 5.26. The Labute approximate surface area is 191 Å². The topological polar surface area (TPSA) is 82.5 Å². The second-order valence-electron chi connectivity index (χ2n) is 8.32. The molecular weight excluding hydrogens is 430 g/mol. The van der Waals surface area contributed by atoms with Crippen LogP contribution in [0.1, 0.15) is 37.2 Å². The van der Waals surface area contributed by atoms with Gasteiger partial charge in [0.15, 0.2) is 5.69 Å². The van der Waals surface area contributed by atoms with E-state index in [1.807, 2.05) is 13.8 Å². The fourth-order valence-electron chi connectivity index (χ4n) is 3.74. The van der Waals surface area contributed by atoms with Crippen molar-refractivity contribution in [2.75, 3.05) is 18.5 Å². The van der Waals surface area contributed by atoms with Gasteiger partial charge in [-0.25, -0.2) is 4.68 Å². The van der Waals surface area contributed by atoms with Crippen LogP contribution in [0.15, 0.2) is 47.3 Å².